The molecule has 0 saturated carbocycles. The number of ether oxygens (including phenoxy) is 1. The summed E-state index contributed by atoms with van der Waals surface area (Å²) in [5.41, 5.74) is 2.00. The topological polar surface area (TPSA) is 72.5 Å². The first kappa shape index (κ1) is 20.0. The fraction of sp³-hybridized carbons (Fsp3) is 0.350. The lowest BCUT2D eigenvalue weighted by Gasteiger charge is -2.16. The van der Waals surface area contributed by atoms with Gasteiger partial charge in [-0.15, -0.1) is 0 Å². The van der Waals surface area contributed by atoms with E-state index in [2.05, 4.69) is 5.32 Å². The molecule has 0 heterocycles. The van der Waals surface area contributed by atoms with Gasteiger partial charge in [-0.3, -0.25) is 4.79 Å². The van der Waals surface area contributed by atoms with Crippen LogP contribution in [-0.2, 0) is 15.6 Å². The van der Waals surface area contributed by atoms with E-state index in [0.29, 0.717) is 11.1 Å². The zero-order chi connectivity index (χ0) is 19.3. The van der Waals surface area contributed by atoms with Crippen LogP contribution in [0.25, 0.3) is 0 Å². The minimum Gasteiger partial charge on any atom is -0.491 e. The van der Waals surface area contributed by atoms with Crippen LogP contribution >= 0.6 is 0 Å². The van der Waals surface area contributed by atoms with Crippen LogP contribution in [0.4, 0.5) is 0 Å². The maximum absolute atomic E-state index is 12.5. The number of nitrogens with one attached hydrogen (secondary N) is 1. The molecule has 1 unspecified atom stereocenters. The molecule has 0 radical (unpaired) electrons. The van der Waals surface area contributed by atoms with E-state index >= 15 is 0 Å². The van der Waals surface area contributed by atoms with Crippen LogP contribution in [0, 0.1) is 0 Å². The number of hydrogen-bond acceptors (Lipinski definition) is 4. The van der Waals surface area contributed by atoms with E-state index in [1.807, 2.05) is 45.0 Å². The normalized spacial score (nSPS) is 12.7. The van der Waals surface area contributed by atoms with Gasteiger partial charge in [-0.1, -0.05) is 24.3 Å². The standard InChI is InChI=1S/C20H25NO4S/c1-14(2)25-19-10-8-17(9-11-19)15(3)21-20(22)18-7-5-6-16(12-18)13-26(4,23)24/h5-12,14-15H,13H2,1-4H3,(H,21,22). The van der Waals surface area contributed by atoms with Crippen LogP contribution < -0.4 is 10.1 Å². The largest absolute Gasteiger partial charge is 0.491 e. The van der Waals surface area contributed by atoms with Gasteiger partial charge in [0.05, 0.1) is 17.9 Å². The zero-order valence-electron chi connectivity index (χ0n) is 15.5. The summed E-state index contributed by atoms with van der Waals surface area (Å²) in [4.78, 5) is 12.5. The Morgan fingerprint density at radius 3 is 2.31 bits per heavy atom. The molecule has 0 spiro atoms. The number of carbonyl (C=O) groups is 1. The van der Waals surface area contributed by atoms with Gasteiger partial charge in [0, 0.05) is 11.8 Å². The van der Waals surface area contributed by atoms with Crippen molar-refractivity contribution in [1.29, 1.82) is 0 Å². The second kappa shape index (κ2) is 8.36. The van der Waals surface area contributed by atoms with Crippen LogP contribution in [0.15, 0.2) is 48.5 Å². The first-order chi connectivity index (χ1) is 12.1. The highest BCUT2D eigenvalue weighted by atomic mass is 32.2. The van der Waals surface area contributed by atoms with Gasteiger partial charge in [-0.2, -0.15) is 0 Å². The molecule has 140 valence electrons. The quantitative estimate of drug-likeness (QED) is 0.804. The Bertz CT molecular complexity index is 858. The van der Waals surface area contributed by atoms with Gasteiger partial charge in [0.15, 0.2) is 9.84 Å². The van der Waals surface area contributed by atoms with E-state index in [1.54, 1.807) is 24.3 Å². The molecule has 2 aromatic carbocycles. The average molecular weight is 375 g/mol. The van der Waals surface area contributed by atoms with E-state index in [4.69, 9.17) is 4.74 Å². The number of benzene rings is 2. The molecule has 0 saturated heterocycles. The molecule has 0 aliphatic carbocycles. The van der Waals surface area contributed by atoms with E-state index in [0.717, 1.165) is 11.3 Å². The number of rotatable bonds is 7. The Labute approximate surface area is 155 Å². The third-order valence-corrected chi connectivity index (χ3v) is 4.58. The Morgan fingerprint density at radius 2 is 1.73 bits per heavy atom. The highest BCUT2D eigenvalue weighted by Crippen LogP contribution is 2.19. The number of carbonyl (C=O) groups excluding carboxylic acids is 1. The lowest BCUT2D eigenvalue weighted by molar-refractivity contribution is 0.0939. The van der Waals surface area contributed by atoms with E-state index in [9.17, 15) is 13.2 Å². The monoisotopic (exact) mass is 375 g/mol. The molecule has 26 heavy (non-hydrogen) atoms. The van der Waals surface area contributed by atoms with Crippen LogP contribution in [0.2, 0.25) is 0 Å². The molecule has 0 aliphatic heterocycles. The molecule has 2 rings (SSSR count). The number of amides is 1. The Balaban J connectivity index is 2.06. The van der Waals surface area contributed by atoms with Crippen molar-refractivity contribution in [1.82, 2.24) is 5.32 Å². The highest BCUT2D eigenvalue weighted by Gasteiger charge is 2.13. The van der Waals surface area contributed by atoms with Gasteiger partial charge in [0.2, 0.25) is 0 Å². The summed E-state index contributed by atoms with van der Waals surface area (Å²) in [6, 6.07) is 14.1. The molecule has 0 bridgehead atoms. The predicted octanol–water partition coefficient (Wildman–Crippen LogP) is 3.51. The van der Waals surface area contributed by atoms with E-state index in [-0.39, 0.29) is 23.8 Å². The number of hydrogen-bond donors (Lipinski definition) is 1. The predicted molar refractivity (Wildman–Crippen MR) is 103 cm³/mol. The van der Waals surface area contributed by atoms with Crippen molar-refractivity contribution in [2.75, 3.05) is 6.26 Å². The van der Waals surface area contributed by atoms with Crippen molar-refractivity contribution in [2.45, 2.75) is 38.7 Å². The van der Waals surface area contributed by atoms with Crippen LogP contribution in [0.3, 0.4) is 0 Å². The minimum atomic E-state index is -3.14. The van der Waals surface area contributed by atoms with Crippen LogP contribution in [-0.4, -0.2) is 26.7 Å². The molecular weight excluding hydrogens is 350 g/mol. The van der Waals surface area contributed by atoms with Gasteiger partial charge in [-0.25, -0.2) is 8.42 Å². The summed E-state index contributed by atoms with van der Waals surface area (Å²) in [6.45, 7) is 5.83. The molecular formula is C20H25NO4S. The molecule has 0 aromatic heterocycles. The van der Waals surface area contributed by atoms with Crippen molar-refractivity contribution in [3.63, 3.8) is 0 Å². The van der Waals surface area contributed by atoms with Gasteiger partial charge >= 0.3 is 0 Å². The Morgan fingerprint density at radius 1 is 1.08 bits per heavy atom. The summed E-state index contributed by atoms with van der Waals surface area (Å²) in [5, 5.41) is 2.93. The molecule has 0 aliphatic rings. The maximum atomic E-state index is 12.5. The molecule has 1 amide bonds. The molecule has 1 N–H and O–H groups in total. The molecule has 0 fully saturated rings. The lowest BCUT2D eigenvalue weighted by Crippen LogP contribution is -2.26. The van der Waals surface area contributed by atoms with Gasteiger partial charge < -0.3 is 10.1 Å². The molecule has 1 atom stereocenters. The van der Waals surface area contributed by atoms with Crippen molar-refractivity contribution < 1.29 is 17.9 Å². The zero-order valence-corrected chi connectivity index (χ0v) is 16.3. The smallest absolute Gasteiger partial charge is 0.251 e. The van der Waals surface area contributed by atoms with Crippen molar-refractivity contribution in [3.8, 4) is 5.75 Å². The fourth-order valence-corrected chi connectivity index (χ4v) is 3.36. The van der Waals surface area contributed by atoms with E-state index < -0.39 is 9.84 Å². The molecule has 6 heteroatoms. The Kier molecular flexibility index (Phi) is 6.42. The maximum Gasteiger partial charge on any atom is 0.251 e. The van der Waals surface area contributed by atoms with E-state index in [1.165, 1.54) is 6.26 Å². The SMILES string of the molecule is CC(C)Oc1ccc(C(C)NC(=O)c2cccc(CS(C)(=O)=O)c2)cc1. The van der Waals surface area contributed by atoms with Gasteiger partial charge in [0.25, 0.3) is 5.91 Å². The van der Waals surface area contributed by atoms with Crippen molar-refractivity contribution in [2.24, 2.45) is 0 Å². The van der Waals surface area contributed by atoms with Crippen molar-refractivity contribution >= 4 is 15.7 Å². The second-order valence-electron chi connectivity index (χ2n) is 6.70. The Hall–Kier alpha value is -2.34. The molecule has 5 nitrogen and oxygen atoms in total. The highest BCUT2D eigenvalue weighted by molar-refractivity contribution is 7.89. The first-order valence-corrected chi connectivity index (χ1v) is 10.5. The second-order valence-corrected chi connectivity index (χ2v) is 8.84. The summed E-state index contributed by atoms with van der Waals surface area (Å²) < 4.78 is 28.5. The summed E-state index contributed by atoms with van der Waals surface area (Å²) in [5.74, 6) is 0.465. The van der Waals surface area contributed by atoms with Crippen molar-refractivity contribution in [3.05, 3.63) is 65.2 Å². The summed E-state index contributed by atoms with van der Waals surface area (Å²) in [7, 11) is -3.14. The first-order valence-electron chi connectivity index (χ1n) is 8.48. The minimum absolute atomic E-state index is 0.0824. The van der Waals surface area contributed by atoms with Gasteiger partial charge in [-0.05, 0) is 56.2 Å². The van der Waals surface area contributed by atoms with Crippen LogP contribution in [0.5, 0.6) is 5.75 Å². The third kappa shape index (κ3) is 6.19. The molecule has 2 aromatic rings. The van der Waals surface area contributed by atoms with Crippen LogP contribution in [0.1, 0.15) is 48.3 Å². The summed E-state index contributed by atoms with van der Waals surface area (Å²) >= 11 is 0. The number of sulfone groups is 1. The van der Waals surface area contributed by atoms with Gasteiger partial charge in [0.1, 0.15) is 5.75 Å². The summed E-state index contributed by atoms with van der Waals surface area (Å²) in [6.07, 6.45) is 1.28. The lowest BCUT2D eigenvalue weighted by atomic mass is 10.1. The average Bonchev–Trinajstić information content (AvgIpc) is 2.53. The fourth-order valence-electron chi connectivity index (χ4n) is 2.58. The third-order valence-electron chi connectivity index (χ3n) is 3.72.